The maximum absolute atomic E-state index is 4.36. The molecule has 0 aliphatic heterocycles. The number of hydrogen-bond acceptors (Lipinski definition) is 2. The average Bonchev–Trinajstić information content (AvgIpc) is 2.37. The topological polar surface area (TPSA) is 12.9 Å². The number of aromatic nitrogens is 1. The van der Waals surface area contributed by atoms with Gasteiger partial charge in [0.05, 0.1) is 5.69 Å². The molecule has 0 atom stereocenters. The zero-order chi connectivity index (χ0) is 13.9. The van der Waals surface area contributed by atoms with E-state index in [9.17, 15) is 0 Å². The lowest BCUT2D eigenvalue weighted by atomic mass is 9.86. The highest BCUT2D eigenvalue weighted by molar-refractivity contribution is 7.98. The second kappa shape index (κ2) is 5.79. The maximum atomic E-state index is 4.36. The van der Waals surface area contributed by atoms with Gasteiger partial charge in [0.2, 0.25) is 0 Å². The molecule has 0 amide bonds. The van der Waals surface area contributed by atoms with Crippen molar-refractivity contribution in [3.05, 3.63) is 59.4 Å². The van der Waals surface area contributed by atoms with Gasteiger partial charge >= 0.3 is 0 Å². The second-order valence-electron chi connectivity index (χ2n) is 5.84. The van der Waals surface area contributed by atoms with Crippen LogP contribution in [0, 0.1) is 6.92 Å². The molecular weight excluding hydrogens is 250 g/mol. The molecule has 0 bridgehead atoms. The van der Waals surface area contributed by atoms with E-state index < -0.39 is 0 Å². The third kappa shape index (κ3) is 3.84. The summed E-state index contributed by atoms with van der Waals surface area (Å²) in [5, 5.41) is 0. The molecule has 0 aliphatic carbocycles. The number of aryl methyl sites for hydroxylation is 1. The largest absolute Gasteiger partial charge is 0.260 e. The van der Waals surface area contributed by atoms with Crippen LogP contribution >= 0.6 is 11.8 Å². The van der Waals surface area contributed by atoms with Gasteiger partial charge in [0.25, 0.3) is 0 Å². The minimum Gasteiger partial charge on any atom is -0.260 e. The molecule has 100 valence electrons. The van der Waals surface area contributed by atoms with Crippen molar-refractivity contribution in [1.82, 2.24) is 4.98 Å². The predicted octanol–water partition coefficient (Wildman–Crippen LogP) is 4.98. The molecular formula is C17H21NS. The molecule has 0 saturated carbocycles. The maximum Gasteiger partial charge on any atom is 0.0506 e. The summed E-state index contributed by atoms with van der Waals surface area (Å²) in [6.45, 7) is 8.95. The molecule has 2 heteroatoms. The molecule has 0 saturated heterocycles. The highest BCUT2D eigenvalue weighted by Gasteiger charge is 2.14. The number of benzene rings is 1. The fourth-order valence-electron chi connectivity index (χ4n) is 1.91. The van der Waals surface area contributed by atoms with Gasteiger partial charge in [-0.1, -0.05) is 39.0 Å². The van der Waals surface area contributed by atoms with Crippen LogP contribution in [-0.4, -0.2) is 4.98 Å². The molecule has 0 spiro atoms. The van der Waals surface area contributed by atoms with Gasteiger partial charge in [-0.15, -0.1) is 11.8 Å². The first kappa shape index (κ1) is 14.1. The van der Waals surface area contributed by atoms with Crippen LogP contribution in [0.15, 0.2) is 47.5 Å². The first-order chi connectivity index (χ1) is 8.97. The van der Waals surface area contributed by atoms with E-state index in [1.54, 1.807) is 0 Å². The van der Waals surface area contributed by atoms with Crippen molar-refractivity contribution in [2.75, 3.05) is 0 Å². The number of hydrogen-bond donors (Lipinski definition) is 0. The summed E-state index contributed by atoms with van der Waals surface area (Å²) >= 11 is 1.86. The van der Waals surface area contributed by atoms with Crippen molar-refractivity contribution in [2.45, 2.75) is 43.8 Å². The molecule has 19 heavy (non-hydrogen) atoms. The van der Waals surface area contributed by atoms with E-state index in [1.807, 2.05) is 30.1 Å². The van der Waals surface area contributed by atoms with Gasteiger partial charge in [0, 0.05) is 16.8 Å². The van der Waals surface area contributed by atoms with Crippen molar-refractivity contribution in [1.29, 1.82) is 0 Å². The highest BCUT2D eigenvalue weighted by atomic mass is 32.2. The molecule has 1 heterocycles. The summed E-state index contributed by atoms with van der Waals surface area (Å²) < 4.78 is 0. The van der Waals surface area contributed by atoms with E-state index in [-0.39, 0.29) is 5.41 Å². The summed E-state index contributed by atoms with van der Waals surface area (Å²) in [6, 6.07) is 12.9. The first-order valence-corrected chi connectivity index (χ1v) is 7.59. The van der Waals surface area contributed by atoms with Crippen LogP contribution < -0.4 is 0 Å². The lowest BCUT2D eigenvalue weighted by molar-refractivity contribution is 0.589. The van der Waals surface area contributed by atoms with E-state index in [4.69, 9.17) is 0 Å². The Morgan fingerprint density at radius 1 is 1.11 bits per heavy atom. The summed E-state index contributed by atoms with van der Waals surface area (Å²) in [6.07, 6.45) is 1.85. The third-order valence-electron chi connectivity index (χ3n) is 3.14. The molecule has 0 fully saturated rings. The Kier molecular flexibility index (Phi) is 4.31. The van der Waals surface area contributed by atoms with Gasteiger partial charge in [0.15, 0.2) is 0 Å². The molecule has 2 aromatic rings. The summed E-state index contributed by atoms with van der Waals surface area (Å²) in [7, 11) is 0. The van der Waals surface area contributed by atoms with Crippen molar-refractivity contribution in [3.8, 4) is 0 Å². The normalized spacial score (nSPS) is 11.6. The van der Waals surface area contributed by atoms with Crippen LogP contribution in [0.4, 0.5) is 0 Å². The van der Waals surface area contributed by atoms with Crippen LogP contribution in [-0.2, 0) is 11.2 Å². The minimum atomic E-state index is 0.217. The Hall–Kier alpha value is -1.28. The standard InChI is InChI=1S/C17H21NS/c1-13-11-14(17(2,3)4)8-9-16(13)19-12-15-7-5-6-10-18-15/h5-11H,12H2,1-4H3. The Labute approximate surface area is 120 Å². The Balaban J connectivity index is 2.10. The molecule has 0 N–H and O–H groups in total. The fourth-order valence-corrected chi connectivity index (χ4v) is 2.84. The van der Waals surface area contributed by atoms with Crippen LogP contribution in [0.2, 0.25) is 0 Å². The van der Waals surface area contributed by atoms with Crippen LogP contribution in [0.25, 0.3) is 0 Å². The number of pyridine rings is 1. The highest BCUT2D eigenvalue weighted by Crippen LogP contribution is 2.30. The Morgan fingerprint density at radius 3 is 2.47 bits per heavy atom. The molecule has 2 rings (SSSR count). The van der Waals surface area contributed by atoms with Gasteiger partial charge < -0.3 is 0 Å². The van der Waals surface area contributed by atoms with Gasteiger partial charge in [-0.05, 0) is 41.7 Å². The van der Waals surface area contributed by atoms with Crippen molar-refractivity contribution in [3.63, 3.8) is 0 Å². The van der Waals surface area contributed by atoms with E-state index in [2.05, 4.69) is 56.9 Å². The predicted molar refractivity (Wildman–Crippen MR) is 83.7 cm³/mol. The van der Waals surface area contributed by atoms with Crippen LogP contribution in [0.5, 0.6) is 0 Å². The third-order valence-corrected chi connectivity index (χ3v) is 4.35. The molecule has 0 unspecified atom stereocenters. The number of nitrogens with zero attached hydrogens (tertiary/aromatic N) is 1. The molecule has 1 nitrogen and oxygen atoms in total. The van der Waals surface area contributed by atoms with Crippen LogP contribution in [0.3, 0.4) is 0 Å². The molecule has 0 radical (unpaired) electrons. The van der Waals surface area contributed by atoms with Crippen molar-refractivity contribution < 1.29 is 0 Å². The first-order valence-electron chi connectivity index (χ1n) is 6.60. The number of rotatable bonds is 3. The van der Waals surface area contributed by atoms with Crippen LogP contribution in [0.1, 0.15) is 37.6 Å². The van der Waals surface area contributed by atoms with Gasteiger partial charge in [0.1, 0.15) is 0 Å². The van der Waals surface area contributed by atoms with E-state index in [0.717, 1.165) is 11.4 Å². The average molecular weight is 271 g/mol. The van der Waals surface area contributed by atoms with Gasteiger partial charge in [-0.25, -0.2) is 0 Å². The Bertz CT molecular complexity index is 541. The molecule has 1 aromatic carbocycles. The zero-order valence-corrected chi connectivity index (χ0v) is 12.9. The van der Waals surface area contributed by atoms with Gasteiger partial charge in [-0.2, -0.15) is 0 Å². The minimum absolute atomic E-state index is 0.217. The lowest BCUT2D eigenvalue weighted by Gasteiger charge is -2.20. The van der Waals surface area contributed by atoms with E-state index in [0.29, 0.717) is 0 Å². The molecule has 1 aromatic heterocycles. The molecule has 0 aliphatic rings. The quantitative estimate of drug-likeness (QED) is 0.730. The lowest BCUT2D eigenvalue weighted by Crippen LogP contribution is -2.11. The monoisotopic (exact) mass is 271 g/mol. The van der Waals surface area contributed by atoms with Gasteiger partial charge in [-0.3, -0.25) is 4.98 Å². The Morgan fingerprint density at radius 2 is 1.89 bits per heavy atom. The summed E-state index contributed by atoms with van der Waals surface area (Å²) in [4.78, 5) is 5.71. The zero-order valence-electron chi connectivity index (χ0n) is 12.1. The SMILES string of the molecule is Cc1cc(C(C)(C)C)ccc1SCc1ccccn1. The van der Waals surface area contributed by atoms with Crippen molar-refractivity contribution >= 4 is 11.8 Å². The second-order valence-corrected chi connectivity index (χ2v) is 6.86. The number of thioether (sulfide) groups is 1. The summed E-state index contributed by atoms with van der Waals surface area (Å²) in [5.74, 6) is 0.927. The van der Waals surface area contributed by atoms with E-state index in [1.165, 1.54) is 16.0 Å². The smallest absolute Gasteiger partial charge is 0.0506 e. The van der Waals surface area contributed by atoms with Crippen molar-refractivity contribution in [2.24, 2.45) is 0 Å². The summed E-state index contributed by atoms with van der Waals surface area (Å²) in [5.41, 5.74) is 4.10. The fraction of sp³-hybridized carbons (Fsp3) is 0.353. The van der Waals surface area contributed by atoms with E-state index >= 15 is 0 Å².